The number of hydrogen-bond acceptors (Lipinski definition) is 3. The van der Waals surface area contributed by atoms with Gasteiger partial charge in [0.05, 0.1) is 6.10 Å². The molecule has 0 amide bonds. The van der Waals surface area contributed by atoms with Crippen molar-refractivity contribution >= 4 is 55.3 Å². The van der Waals surface area contributed by atoms with Gasteiger partial charge in [-0.15, -0.1) is 22.7 Å². The Balaban J connectivity index is 1.86. The number of benzene rings is 1. The van der Waals surface area contributed by atoms with Gasteiger partial charge in [0.15, 0.2) is 0 Å². The van der Waals surface area contributed by atoms with Crippen LogP contribution in [0.1, 0.15) is 16.5 Å². The quantitative estimate of drug-likeness (QED) is 0.668. The normalized spacial score (nSPS) is 13.0. The summed E-state index contributed by atoms with van der Waals surface area (Å²) in [6.07, 6.45) is -0.0618. The summed E-state index contributed by atoms with van der Waals surface area (Å²) in [7, 11) is 0. The maximum absolute atomic E-state index is 10.3. The van der Waals surface area contributed by atoms with Gasteiger partial charge in [0, 0.05) is 30.7 Å². The van der Waals surface area contributed by atoms with E-state index < -0.39 is 6.10 Å². The Morgan fingerprint density at radius 3 is 2.74 bits per heavy atom. The van der Waals surface area contributed by atoms with E-state index >= 15 is 0 Å². The minimum atomic E-state index is -0.541. The van der Waals surface area contributed by atoms with Gasteiger partial charge in [0.2, 0.25) is 0 Å². The van der Waals surface area contributed by atoms with Crippen LogP contribution in [0.4, 0.5) is 0 Å². The van der Waals surface area contributed by atoms with Gasteiger partial charge in [-0.3, -0.25) is 0 Å². The van der Waals surface area contributed by atoms with Crippen LogP contribution < -0.4 is 0 Å². The lowest BCUT2D eigenvalue weighted by molar-refractivity contribution is 0.182. The SMILES string of the molecule is OC(Cc1cc(Cl)ccc1Cl)c1cc2sccc2s1. The molecule has 2 aromatic heterocycles. The van der Waals surface area contributed by atoms with E-state index in [0.717, 1.165) is 10.4 Å². The van der Waals surface area contributed by atoms with Crippen molar-refractivity contribution in [2.45, 2.75) is 12.5 Å². The second-order valence-electron chi connectivity index (χ2n) is 4.25. The molecule has 0 aliphatic rings. The van der Waals surface area contributed by atoms with Crippen LogP contribution in [-0.2, 0) is 6.42 Å². The molecule has 98 valence electrons. The van der Waals surface area contributed by atoms with Crippen molar-refractivity contribution in [3.63, 3.8) is 0 Å². The molecule has 0 aliphatic carbocycles. The van der Waals surface area contributed by atoms with Crippen LogP contribution in [-0.4, -0.2) is 5.11 Å². The first-order valence-electron chi connectivity index (χ1n) is 5.72. The fourth-order valence-corrected chi connectivity index (χ4v) is 4.45. The first-order chi connectivity index (χ1) is 9.13. The highest BCUT2D eigenvalue weighted by Crippen LogP contribution is 2.35. The average Bonchev–Trinajstić information content (AvgIpc) is 2.94. The van der Waals surface area contributed by atoms with E-state index in [2.05, 4.69) is 11.4 Å². The third-order valence-corrected chi connectivity index (χ3v) is 5.71. The molecule has 1 unspecified atom stereocenters. The molecule has 0 aliphatic heterocycles. The Morgan fingerprint density at radius 1 is 1.11 bits per heavy atom. The Kier molecular flexibility index (Phi) is 3.83. The van der Waals surface area contributed by atoms with Gasteiger partial charge < -0.3 is 5.11 Å². The fraction of sp³-hybridized carbons (Fsp3) is 0.143. The Bertz CT molecular complexity index is 689. The predicted molar refractivity (Wildman–Crippen MR) is 84.8 cm³/mol. The smallest absolute Gasteiger partial charge is 0.0923 e. The molecular weight excluding hydrogens is 319 g/mol. The molecule has 5 heteroatoms. The van der Waals surface area contributed by atoms with Gasteiger partial charge >= 0.3 is 0 Å². The molecule has 0 bridgehead atoms. The van der Waals surface area contributed by atoms with Crippen molar-refractivity contribution in [3.8, 4) is 0 Å². The maximum Gasteiger partial charge on any atom is 0.0923 e. The summed E-state index contributed by atoms with van der Waals surface area (Å²) >= 11 is 15.4. The zero-order chi connectivity index (χ0) is 13.4. The molecule has 1 aromatic carbocycles. The van der Waals surface area contributed by atoms with E-state index in [9.17, 15) is 5.11 Å². The van der Waals surface area contributed by atoms with E-state index in [1.54, 1.807) is 34.8 Å². The van der Waals surface area contributed by atoms with E-state index in [0.29, 0.717) is 16.5 Å². The lowest BCUT2D eigenvalue weighted by Crippen LogP contribution is -2.00. The zero-order valence-corrected chi connectivity index (χ0v) is 12.9. The van der Waals surface area contributed by atoms with Crippen molar-refractivity contribution in [2.24, 2.45) is 0 Å². The number of rotatable bonds is 3. The van der Waals surface area contributed by atoms with Crippen molar-refractivity contribution < 1.29 is 5.11 Å². The number of thiophene rings is 2. The molecule has 3 aromatic rings. The molecule has 19 heavy (non-hydrogen) atoms. The van der Waals surface area contributed by atoms with Gasteiger partial charge in [0.1, 0.15) is 0 Å². The summed E-state index contributed by atoms with van der Waals surface area (Å²) in [4.78, 5) is 0.970. The summed E-state index contributed by atoms with van der Waals surface area (Å²) in [6, 6.07) is 9.45. The standard InChI is InChI=1S/C14H10Cl2OS2/c15-9-1-2-10(16)8(5-9)6-11(17)13-7-14-12(19-13)3-4-18-14/h1-5,7,11,17H,6H2. The first kappa shape index (κ1) is 13.4. The van der Waals surface area contributed by atoms with Crippen molar-refractivity contribution in [1.29, 1.82) is 0 Å². The van der Waals surface area contributed by atoms with Crippen LogP contribution in [0.5, 0.6) is 0 Å². The highest BCUT2D eigenvalue weighted by molar-refractivity contribution is 7.26. The van der Waals surface area contributed by atoms with Crippen LogP contribution in [0.25, 0.3) is 9.40 Å². The molecule has 1 nitrogen and oxygen atoms in total. The average molecular weight is 329 g/mol. The summed E-state index contributed by atoms with van der Waals surface area (Å²) in [6.45, 7) is 0. The van der Waals surface area contributed by atoms with Crippen LogP contribution in [0, 0.1) is 0 Å². The van der Waals surface area contributed by atoms with Crippen LogP contribution in [0.2, 0.25) is 10.0 Å². The summed E-state index contributed by atoms with van der Waals surface area (Å²) in [5.74, 6) is 0. The van der Waals surface area contributed by atoms with Gasteiger partial charge in [-0.25, -0.2) is 0 Å². The summed E-state index contributed by atoms with van der Waals surface area (Å²) in [5.41, 5.74) is 0.874. The highest BCUT2D eigenvalue weighted by Gasteiger charge is 2.14. The van der Waals surface area contributed by atoms with Crippen LogP contribution in [0.3, 0.4) is 0 Å². The van der Waals surface area contributed by atoms with E-state index in [-0.39, 0.29) is 0 Å². The fourth-order valence-electron chi connectivity index (χ4n) is 1.96. The first-order valence-corrected chi connectivity index (χ1v) is 8.17. The van der Waals surface area contributed by atoms with Crippen molar-refractivity contribution in [3.05, 3.63) is 56.2 Å². The molecule has 2 heterocycles. The zero-order valence-electron chi connectivity index (χ0n) is 9.77. The van der Waals surface area contributed by atoms with Gasteiger partial charge in [-0.2, -0.15) is 0 Å². The van der Waals surface area contributed by atoms with Crippen molar-refractivity contribution in [1.82, 2.24) is 0 Å². The molecular formula is C14H10Cl2OS2. The summed E-state index contributed by atoms with van der Waals surface area (Å²) in [5, 5.41) is 13.7. The minimum absolute atomic E-state index is 0.479. The minimum Gasteiger partial charge on any atom is -0.387 e. The van der Waals surface area contributed by atoms with Crippen molar-refractivity contribution in [2.75, 3.05) is 0 Å². The second kappa shape index (κ2) is 5.43. The Hall–Kier alpha value is -0.580. The number of fused-ring (bicyclic) bond motifs is 1. The monoisotopic (exact) mass is 328 g/mol. The summed E-state index contributed by atoms with van der Waals surface area (Å²) < 4.78 is 2.44. The van der Waals surface area contributed by atoms with Gasteiger partial charge in [-0.05, 0) is 41.3 Å². The van der Waals surface area contributed by atoms with E-state index in [1.807, 2.05) is 12.1 Å². The number of aliphatic hydroxyl groups excluding tert-OH is 1. The van der Waals surface area contributed by atoms with Crippen LogP contribution >= 0.6 is 45.9 Å². The lowest BCUT2D eigenvalue weighted by atomic mass is 10.1. The predicted octanol–water partition coefficient (Wildman–Crippen LogP) is 5.55. The lowest BCUT2D eigenvalue weighted by Gasteiger charge is -2.10. The third kappa shape index (κ3) is 2.81. The molecule has 0 fully saturated rings. The third-order valence-electron chi connectivity index (χ3n) is 2.91. The molecule has 3 rings (SSSR count). The van der Waals surface area contributed by atoms with E-state index in [1.165, 1.54) is 9.40 Å². The molecule has 0 saturated heterocycles. The number of hydrogen-bond donors (Lipinski definition) is 1. The molecule has 0 spiro atoms. The largest absolute Gasteiger partial charge is 0.387 e. The number of halogens is 2. The molecule has 1 atom stereocenters. The Labute approximate surface area is 129 Å². The molecule has 0 radical (unpaired) electrons. The topological polar surface area (TPSA) is 20.2 Å². The second-order valence-corrected chi connectivity index (χ2v) is 7.16. The maximum atomic E-state index is 10.3. The van der Waals surface area contributed by atoms with Crippen LogP contribution in [0.15, 0.2) is 35.7 Å². The van der Waals surface area contributed by atoms with Gasteiger partial charge in [0.25, 0.3) is 0 Å². The molecule has 1 N–H and O–H groups in total. The Morgan fingerprint density at radius 2 is 1.95 bits per heavy atom. The van der Waals surface area contributed by atoms with E-state index in [4.69, 9.17) is 23.2 Å². The molecule has 0 saturated carbocycles. The highest BCUT2D eigenvalue weighted by atomic mass is 35.5. The van der Waals surface area contributed by atoms with Gasteiger partial charge in [-0.1, -0.05) is 23.2 Å². The number of aliphatic hydroxyl groups is 1.